The number of hydrogen-bond acceptors (Lipinski definition) is 3. The van der Waals surface area contributed by atoms with E-state index in [0.29, 0.717) is 23.9 Å². The average Bonchev–Trinajstić information content (AvgIpc) is 3.23. The lowest BCUT2D eigenvalue weighted by Crippen LogP contribution is -2.51. The van der Waals surface area contributed by atoms with Gasteiger partial charge in [-0.25, -0.2) is 4.68 Å². The van der Waals surface area contributed by atoms with Gasteiger partial charge in [-0.2, -0.15) is 5.10 Å². The van der Waals surface area contributed by atoms with Crippen LogP contribution in [0.25, 0.3) is 5.69 Å². The average molecular weight is 332 g/mol. The third-order valence-electron chi connectivity index (χ3n) is 4.62. The lowest BCUT2D eigenvalue weighted by atomic mass is 10.1. The molecule has 120 valence electrons. The Kier molecular flexibility index (Phi) is 3.83. The molecule has 0 unspecified atom stereocenters. The Bertz CT molecular complexity index is 730. The predicted molar refractivity (Wildman–Crippen MR) is 87.0 cm³/mol. The number of nitrogens with zero attached hydrogens (tertiary/aromatic N) is 3. The van der Waals surface area contributed by atoms with Gasteiger partial charge in [0.1, 0.15) is 0 Å². The van der Waals surface area contributed by atoms with Crippen molar-refractivity contribution in [2.45, 2.75) is 31.4 Å². The van der Waals surface area contributed by atoms with Crippen LogP contribution in [0.3, 0.4) is 0 Å². The number of morpholine rings is 1. The lowest BCUT2D eigenvalue weighted by Gasteiger charge is -2.37. The minimum atomic E-state index is -0.00835. The van der Waals surface area contributed by atoms with E-state index in [1.54, 1.807) is 16.9 Å². The molecule has 1 amide bonds. The highest BCUT2D eigenvalue weighted by Gasteiger charge is 2.39. The van der Waals surface area contributed by atoms with Crippen molar-refractivity contribution in [1.29, 1.82) is 0 Å². The zero-order valence-corrected chi connectivity index (χ0v) is 13.4. The van der Waals surface area contributed by atoms with Crippen molar-refractivity contribution in [3.63, 3.8) is 0 Å². The van der Waals surface area contributed by atoms with Crippen LogP contribution in [-0.4, -0.2) is 45.9 Å². The van der Waals surface area contributed by atoms with Crippen LogP contribution in [0.15, 0.2) is 36.5 Å². The molecule has 5 nitrogen and oxygen atoms in total. The molecule has 0 bridgehead atoms. The maximum atomic E-state index is 12.8. The monoisotopic (exact) mass is 331 g/mol. The van der Waals surface area contributed by atoms with E-state index in [4.69, 9.17) is 16.3 Å². The van der Waals surface area contributed by atoms with Crippen LogP contribution < -0.4 is 0 Å². The number of ether oxygens (including phenoxy) is 1. The van der Waals surface area contributed by atoms with E-state index in [-0.39, 0.29) is 18.1 Å². The molecule has 1 aromatic carbocycles. The molecule has 2 fully saturated rings. The number of carbonyl (C=O) groups excluding carboxylic acids is 1. The smallest absolute Gasteiger partial charge is 0.274 e. The number of benzene rings is 1. The molecule has 6 heteroatoms. The van der Waals surface area contributed by atoms with Crippen molar-refractivity contribution in [3.8, 4) is 5.69 Å². The summed E-state index contributed by atoms with van der Waals surface area (Å²) in [5.41, 5.74) is 1.31. The maximum Gasteiger partial charge on any atom is 0.274 e. The second-order valence-corrected chi connectivity index (χ2v) is 6.47. The summed E-state index contributed by atoms with van der Waals surface area (Å²) in [6.45, 7) is 1.26. The Morgan fingerprint density at radius 2 is 2.22 bits per heavy atom. The van der Waals surface area contributed by atoms with Gasteiger partial charge in [0.2, 0.25) is 0 Å². The quantitative estimate of drug-likeness (QED) is 0.850. The molecule has 0 N–H and O–H groups in total. The molecule has 23 heavy (non-hydrogen) atoms. The van der Waals surface area contributed by atoms with Crippen LogP contribution in [0.5, 0.6) is 0 Å². The molecule has 2 heterocycles. The minimum Gasteiger partial charge on any atom is -0.374 e. The Labute approximate surface area is 139 Å². The van der Waals surface area contributed by atoms with Crippen LogP contribution in [-0.2, 0) is 4.74 Å². The Morgan fingerprint density at radius 3 is 3.09 bits per heavy atom. The standard InChI is InChI=1S/C17H18ClN3O2/c18-12-3-1-4-13(11-12)21-8-7-14(19-21)17(22)20-9-10-23-16-6-2-5-15(16)20/h1,3-4,7-8,11,15-16H,2,5-6,9-10H2/t15-,16+/m0/s1. The fraction of sp³-hybridized carbons (Fsp3) is 0.412. The highest BCUT2D eigenvalue weighted by Crippen LogP contribution is 2.30. The number of carbonyl (C=O) groups is 1. The van der Waals surface area contributed by atoms with Crippen molar-refractivity contribution in [3.05, 3.63) is 47.2 Å². The van der Waals surface area contributed by atoms with Crippen molar-refractivity contribution < 1.29 is 9.53 Å². The fourth-order valence-electron chi connectivity index (χ4n) is 3.53. The first-order chi connectivity index (χ1) is 11.2. The molecule has 1 saturated carbocycles. The SMILES string of the molecule is O=C(c1ccn(-c2cccc(Cl)c2)n1)N1CCO[C@@H]2CCC[C@@H]21. The molecule has 1 aromatic heterocycles. The molecule has 2 aromatic rings. The first-order valence-electron chi connectivity index (χ1n) is 7.96. The van der Waals surface area contributed by atoms with Gasteiger partial charge < -0.3 is 9.64 Å². The first kappa shape index (κ1) is 14.7. The summed E-state index contributed by atoms with van der Waals surface area (Å²) >= 11 is 6.02. The summed E-state index contributed by atoms with van der Waals surface area (Å²) in [4.78, 5) is 14.8. The van der Waals surface area contributed by atoms with Gasteiger partial charge in [0.25, 0.3) is 5.91 Å². The topological polar surface area (TPSA) is 47.4 Å². The molecular weight excluding hydrogens is 314 g/mol. The molecular formula is C17H18ClN3O2. The predicted octanol–water partition coefficient (Wildman–Crippen LogP) is 2.92. The van der Waals surface area contributed by atoms with E-state index < -0.39 is 0 Å². The van der Waals surface area contributed by atoms with Crippen LogP contribution in [0.4, 0.5) is 0 Å². The van der Waals surface area contributed by atoms with Crippen molar-refractivity contribution >= 4 is 17.5 Å². The van der Waals surface area contributed by atoms with E-state index in [1.807, 2.05) is 29.2 Å². The molecule has 2 aliphatic rings. The molecule has 0 spiro atoms. The summed E-state index contributed by atoms with van der Waals surface area (Å²) < 4.78 is 7.46. The fourth-order valence-corrected chi connectivity index (χ4v) is 3.71. The Morgan fingerprint density at radius 1 is 1.30 bits per heavy atom. The van der Waals surface area contributed by atoms with E-state index in [1.165, 1.54) is 0 Å². The number of hydrogen-bond donors (Lipinski definition) is 0. The highest BCUT2D eigenvalue weighted by atomic mass is 35.5. The highest BCUT2D eigenvalue weighted by molar-refractivity contribution is 6.30. The van der Waals surface area contributed by atoms with Crippen molar-refractivity contribution in [2.75, 3.05) is 13.2 Å². The Balaban J connectivity index is 1.57. The Hall–Kier alpha value is -1.85. The maximum absolute atomic E-state index is 12.8. The number of fused-ring (bicyclic) bond motifs is 1. The van der Waals surface area contributed by atoms with Gasteiger partial charge in [0.15, 0.2) is 5.69 Å². The summed E-state index contributed by atoms with van der Waals surface area (Å²) in [7, 11) is 0. The van der Waals surface area contributed by atoms with E-state index >= 15 is 0 Å². The molecule has 1 saturated heterocycles. The van der Waals surface area contributed by atoms with Crippen LogP contribution >= 0.6 is 11.6 Å². The molecule has 1 aliphatic carbocycles. The second-order valence-electron chi connectivity index (χ2n) is 6.03. The molecule has 0 radical (unpaired) electrons. The molecule has 2 atom stereocenters. The van der Waals surface area contributed by atoms with E-state index in [0.717, 1.165) is 24.9 Å². The number of rotatable bonds is 2. The summed E-state index contributed by atoms with van der Waals surface area (Å²) in [5, 5.41) is 5.08. The van der Waals surface area contributed by atoms with Gasteiger partial charge in [-0.05, 0) is 43.5 Å². The molecule has 4 rings (SSSR count). The second kappa shape index (κ2) is 5.98. The normalized spacial score (nSPS) is 23.8. The minimum absolute atomic E-state index is 0.00835. The van der Waals surface area contributed by atoms with Crippen LogP contribution in [0.2, 0.25) is 5.02 Å². The van der Waals surface area contributed by atoms with E-state index in [9.17, 15) is 4.79 Å². The van der Waals surface area contributed by atoms with Gasteiger partial charge in [-0.1, -0.05) is 17.7 Å². The van der Waals surface area contributed by atoms with Crippen molar-refractivity contribution in [2.24, 2.45) is 0 Å². The van der Waals surface area contributed by atoms with Gasteiger partial charge >= 0.3 is 0 Å². The van der Waals surface area contributed by atoms with E-state index in [2.05, 4.69) is 5.10 Å². The van der Waals surface area contributed by atoms with Crippen LogP contribution in [0, 0.1) is 0 Å². The van der Waals surface area contributed by atoms with Gasteiger partial charge in [-0.15, -0.1) is 0 Å². The summed E-state index contributed by atoms with van der Waals surface area (Å²) in [6.07, 6.45) is 5.18. The zero-order chi connectivity index (χ0) is 15.8. The first-order valence-corrected chi connectivity index (χ1v) is 8.34. The third-order valence-corrected chi connectivity index (χ3v) is 4.86. The van der Waals surface area contributed by atoms with Gasteiger partial charge in [0.05, 0.1) is 24.4 Å². The van der Waals surface area contributed by atoms with Crippen molar-refractivity contribution in [1.82, 2.24) is 14.7 Å². The number of amides is 1. The number of halogens is 1. The summed E-state index contributed by atoms with van der Waals surface area (Å²) in [5.74, 6) is -0.00835. The number of aromatic nitrogens is 2. The third kappa shape index (κ3) is 2.75. The van der Waals surface area contributed by atoms with Gasteiger partial charge in [0, 0.05) is 17.8 Å². The molecule has 1 aliphatic heterocycles. The largest absolute Gasteiger partial charge is 0.374 e. The lowest BCUT2D eigenvalue weighted by molar-refractivity contribution is -0.0447. The summed E-state index contributed by atoms with van der Waals surface area (Å²) in [6, 6.07) is 9.38. The van der Waals surface area contributed by atoms with Gasteiger partial charge in [-0.3, -0.25) is 4.79 Å². The van der Waals surface area contributed by atoms with Crippen LogP contribution in [0.1, 0.15) is 29.8 Å². The zero-order valence-electron chi connectivity index (χ0n) is 12.7.